The van der Waals surface area contributed by atoms with Crippen LogP contribution < -0.4 is 0 Å². The van der Waals surface area contributed by atoms with E-state index in [0.717, 1.165) is 18.2 Å². The fourth-order valence-corrected chi connectivity index (χ4v) is 2.22. The number of carbonyl (C=O) groups is 1. The van der Waals surface area contributed by atoms with Gasteiger partial charge in [-0.25, -0.2) is 9.78 Å². The number of nitrogens with zero attached hydrogens (tertiary/aromatic N) is 5. The Morgan fingerprint density at radius 3 is 2.88 bits per heavy atom. The van der Waals surface area contributed by atoms with E-state index in [2.05, 4.69) is 15.2 Å². The summed E-state index contributed by atoms with van der Waals surface area (Å²) in [6.45, 7) is 1.82. The largest absolute Gasteiger partial charge is 0.506 e. The van der Waals surface area contributed by atoms with Crippen LogP contribution in [0.3, 0.4) is 0 Å². The molecule has 0 saturated carbocycles. The first kappa shape index (κ1) is 17.0. The van der Waals surface area contributed by atoms with E-state index in [-0.39, 0.29) is 35.2 Å². The fourth-order valence-electron chi connectivity index (χ4n) is 2.22. The van der Waals surface area contributed by atoms with E-state index in [4.69, 9.17) is 4.74 Å². The summed E-state index contributed by atoms with van der Waals surface area (Å²) in [6, 6.07) is 8.50. The van der Waals surface area contributed by atoms with Crippen LogP contribution >= 0.6 is 0 Å². The minimum Gasteiger partial charge on any atom is -0.506 e. The molecule has 132 valence electrons. The van der Waals surface area contributed by atoms with Gasteiger partial charge in [0.1, 0.15) is 17.1 Å². The molecule has 2 aromatic heterocycles. The second kappa shape index (κ2) is 6.97. The Labute approximate surface area is 146 Å². The van der Waals surface area contributed by atoms with Gasteiger partial charge < -0.3 is 9.84 Å². The van der Waals surface area contributed by atoms with E-state index in [1.807, 2.05) is 0 Å². The lowest BCUT2D eigenvalue weighted by Crippen LogP contribution is -2.05. The van der Waals surface area contributed by atoms with Gasteiger partial charge in [-0.3, -0.25) is 14.5 Å². The van der Waals surface area contributed by atoms with Gasteiger partial charge in [0.05, 0.1) is 11.5 Å². The highest BCUT2D eigenvalue weighted by molar-refractivity contribution is 5.93. The lowest BCUT2D eigenvalue weighted by molar-refractivity contribution is -0.384. The number of azo groups is 1. The third-order valence-corrected chi connectivity index (χ3v) is 3.40. The summed E-state index contributed by atoms with van der Waals surface area (Å²) in [5, 5.41) is 28.5. The molecule has 1 aromatic carbocycles. The van der Waals surface area contributed by atoms with Crippen LogP contribution in [0.1, 0.15) is 17.4 Å². The van der Waals surface area contributed by atoms with Crippen LogP contribution in [0.5, 0.6) is 5.75 Å². The number of phenolic OH excluding ortho intramolecular Hbond substituents is 1. The summed E-state index contributed by atoms with van der Waals surface area (Å²) in [5.74, 6) is -0.871. The number of non-ortho nitro benzene ring substituents is 1. The zero-order valence-electron chi connectivity index (χ0n) is 13.6. The summed E-state index contributed by atoms with van der Waals surface area (Å²) >= 11 is 0. The van der Waals surface area contributed by atoms with Crippen molar-refractivity contribution in [1.29, 1.82) is 0 Å². The van der Waals surface area contributed by atoms with Crippen molar-refractivity contribution in [2.45, 2.75) is 6.92 Å². The van der Waals surface area contributed by atoms with E-state index in [1.54, 1.807) is 31.3 Å². The number of rotatable bonds is 5. The Bertz CT molecular complexity index is 1030. The van der Waals surface area contributed by atoms with Crippen LogP contribution in [0, 0.1) is 10.1 Å². The first-order chi connectivity index (χ1) is 12.5. The molecule has 0 spiro atoms. The van der Waals surface area contributed by atoms with Gasteiger partial charge in [-0.05, 0) is 25.1 Å². The topological polar surface area (TPSA) is 132 Å². The standard InChI is InChI=1S/C16H13N5O5/c1-2-26-16(23)14-15(20-8-4-3-5-13(20)17-14)19-18-11-9-10(21(24)25)6-7-12(11)22/h3-9,22H,2H2,1H3. The van der Waals surface area contributed by atoms with Crippen molar-refractivity contribution in [3.63, 3.8) is 0 Å². The van der Waals surface area contributed by atoms with Crippen molar-refractivity contribution < 1.29 is 19.6 Å². The highest BCUT2D eigenvalue weighted by atomic mass is 16.6. The molecule has 2 heterocycles. The number of ether oxygens (including phenoxy) is 1. The average molecular weight is 355 g/mol. The van der Waals surface area contributed by atoms with E-state index >= 15 is 0 Å². The molecule has 0 amide bonds. The molecule has 10 nitrogen and oxygen atoms in total. The molecule has 0 unspecified atom stereocenters. The van der Waals surface area contributed by atoms with Crippen LogP contribution in [0.15, 0.2) is 52.8 Å². The van der Waals surface area contributed by atoms with Gasteiger partial charge in [0.25, 0.3) is 5.69 Å². The van der Waals surface area contributed by atoms with E-state index < -0.39 is 10.9 Å². The van der Waals surface area contributed by atoms with Crippen molar-refractivity contribution in [1.82, 2.24) is 9.38 Å². The molecule has 0 aliphatic carbocycles. The lowest BCUT2D eigenvalue weighted by atomic mass is 10.2. The smallest absolute Gasteiger partial charge is 0.360 e. The van der Waals surface area contributed by atoms with Crippen molar-refractivity contribution >= 4 is 28.8 Å². The van der Waals surface area contributed by atoms with Crippen LogP contribution in [0.2, 0.25) is 0 Å². The Hall–Kier alpha value is -3.82. The van der Waals surface area contributed by atoms with Crippen molar-refractivity contribution in [2.24, 2.45) is 10.2 Å². The summed E-state index contributed by atoms with van der Waals surface area (Å²) in [5.41, 5.74) is 0.0416. The number of pyridine rings is 1. The highest BCUT2D eigenvalue weighted by Gasteiger charge is 2.20. The number of benzene rings is 1. The normalized spacial score (nSPS) is 11.1. The summed E-state index contributed by atoms with van der Waals surface area (Å²) < 4.78 is 6.49. The van der Waals surface area contributed by atoms with Crippen molar-refractivity contribution in [3.05, 3.63) is 58.4 Å². The highest BCUT2D eigenvalue weighted by Crippen LogP contribution is 2.32. The fraction of sp³-hybridized carbons (Fsp3) is 0.125. The molecule has 0 atom stereocenters. The number of fused-ring (bicyclic) bond motifs is 1. The molecule has 0 fully saturated rings. The third-order valence-electron chi connectivity index (χ3n) is 3.40. The van der Waals surface area contributed by atoms with Gasteiger partial charge in [-0.15, -0.1) is 10.2 Å². The van der Waals surface area contributed by atoms with Crippen LogP contribution in [0.4, 0.5) is 17.2 Å². The van der Waals surface area contributed by atoms with Gasteiger partial charge in [0.2, 0.25) is 0 Å². The van der Waals surface area contributed by atoms with Crippen LogP contribution in [-0.4, -0.2) is 32.0 Å². The quantitative estimate of drug-likeness (QED) is 0.322. The predicted octanol–water partition coefficient (Wildman–Crippen LogP) is 3.54. The summed E-state index contributed by atoms with van der Waals surface area (Å²) in [6.07, 6.45) is 1.63. The molecule has 3 aromatic rings. The predicted molar refractivity (Wildman–Crippen MR) is 90.1 cm³/mol. The molecule has 10 heteroatoms. The second-order valence-corrected chi connectivity index (χ2v) is 5.06. The second-order valence-electron chi connectivity index (χ2n) is 5.06. The maximum atomic E-state index is 12.1. The molecular formula is C16H13N5O5. The van der Waals surface area contributed by atoms with Crippen LogP contribution in [-0.2, 0) is 4.74 Å². The SMILES string of the molecule is CCOC(=O)c1nc2ccccn2c1N=Nc1cc([N+](=O)[O-])ccc1O. The summed E-state index contributed by atoms with van der Waals surface area (Å²) in [7, 11) is 0. The number of carbonyl (C=O) groups excluding carboxylic acids is 1. The van der Waals surface area contributed by atoms with Gasteiger partial charge >= 0.3 is 5.97 Å². The molecular weight excluding hydrogens is 342 g/mol. The average Bonchev–Trinajstić information content (AvgIpc) is 3.00. The number of nitro groups is 1. The minimum atomic E-state index is -0.673. The molecule has 0 aliphatic rings. The monoisotopic (exact) mass is 355 g/mol. The number of esters is 1. The number of nitro benzene ring substituents is 1. The molecule has 0 radical (unpaired) electrons. The molecule has 0 aliphatic heterocycles. The van der Waals surface area contributed by atoms with Gasteiger partial charge in [0, 0.05) is 18.3 Å². The Balaban J connectivity index is 2.09. The van der Waals surface area contributed by atoms with Crippen molar-refractivity contribution in [3.8, 4) is 5.75 Å². The zero-order valence-corrected chi connectivity index (χ0v) is 13.6. The Kier molecular flexibility index (Phi) is 4.56. The van der Waals surface area contributed by atoms with Gasteiger partial charge in [-0.1, -0.05) is 6.07 Å². The molecule has 3 rings (SSSR count). The molecule has 1 N–H and O–H groups in total. The third kappa shape index (κ3) is 3.20. The zero-order chi connectivity index (χ0) is 18.7. The number of imidazole rings is 1. The maximum absolute atomic E-state index is 12.1. The van der Waals surface area contributed by atoms with Crippen molar-refractivity contribution in [2.75, 3.05) is 6.61 Å². The Morgan fingerprint density at radius 1 is 1.35 bits per heavy atom. The number of hydrogen-bond donors (Lipinski definition) is 1. The van der Waals surface area contributed by atoms with E-state index in [1.165, 1.54) is 4.40 Å². The van der Waals surface area contributed by atoms with E-state index in [9.17, 15) is 20.0 Å². The molecule has 0 saturated heterocycles. The number of hydrogen-bond acceptors (Lipinski definition) is 8. The number of aromatic nitrogens is 2. The number of aromatic hydroxyl groups is 1. The number of phenols is 1. The minimum absolute atomic E-state index is 0.0493. The maximum Gasteiger partial charge on any atom is 0.360 e. The van der Waals surface area contributed by atoms with Gasteiger partial charge in [0.15, 0.2) is 11.5 Å². The lowest BCUT2D eigenvalue weighted by Gasteiger charge is -2.00. The molecule has 26 heavy (non-hydrogen) atoms. The van der Waals surface area contributed by atoms with Crippen LogP contribution in [0.25, 0.3) is 5.65 Å². The summed E-state index contributed by atoms with van der Waals surface area (Å²) in [4.78, 5) is 26.5. The molecule has 0 bridgehead atoms. The van der Waals surface area contributed by atoms with E-state index in [0.29, 0.717) is 5.65 Å². The van der Waals surface area contributed by atoms with Gasteiger partial charge in [-0.2, -0.15) is 0 Å². The first-order valence-corrected chi connectivity index (χ1v) is 7.54. The Morgan fingerprint density at radius 2 is 2.15 bits per heavy atom. The first-order valence-electron chi connectivity index (χ1n) is 7.54.